The SMILES string of the molecule is COc1ccnc(NC2CCN(Cc3ccc(C(F)(F)F)cc3)C2)n1. The fraction of sp³-hybridized carbons (Fsp3) is 0.412. The molecule has 0 saturated carbocycles. The van der Waals surface area contributed by atoms with Crippen molar-refractivity contribution in [3.05, 3.63) is 47.7 Å². The summed E-state index contributed by atoms with van der Waals surface area (Å²) in [6.07, 6.45) is -1.75. The molecule has 1 unspecified atom stereocenters. The summed E-state index contributed by atoms with van der Waals surface area (Å²) < 4.78 is 42.9. The lowest BCUT2D eigenvalue weighted by atomic mass is 10.1. The highest BCUT2D eigenvalue weighted by Crippen LogP contribution is 2.29. The molecule has 8 heteroatoms. The van der Waals surface area contributed by atoms with Crippen LogP contribution in [0.3, 0.4) is 0 Å². The summed E-state index contributed by atoms with van der Waals surface area (Å²) >= 11 is 0. The normalized spacial score (nSPS) is 18.3. The van der Waals surface area contributed by atoms with Gasteiger partial charge in [-0.25, -0.2) is 4.98 Å². The van der Waals surface area contributed by atoms with Crippen LogP contribution in [0.25, 0.3) is 0 Å². The zero-order valence-corrected chi connectivity index (χ0v) is 13.8. The van der Waals surface area contributed by atoms with Crippen LogP contribution in [0.2, 0.25) is 0 Å². The third-order valence-electron chi connectivity index (χ3n) is 4.13. The van der Waals surface area contributed by atoms with Crippen LogP contribution >= 0.6 is 0 Å². The lowest BCUT2D eigenvalue weighted by molar-refractivity contribution is -0.137. The highest BCUT2D eigenvalue weighted by molar-refractivity contribution is 5.29. The van der Waals surface area contributed by atoms with E-state index < -0.39 is 11.7 Å². The molecule has 0 radical (unpaired) electrons. The van der Waals surface area contributed by atoms with E-state index in [1.165, 1.54) is 12.1 Å². The molecule has 1 aromatic carbocycles. The smallest absolute Gasteiger partial charge is 0.416 e. The number of rotatable bonds is 5. The van der Waals surface area contributed by atoms with Gasteiger partial charge < -0.3 is 10.1 Å². The standard InChI is InChI=1S/C17H19F3N4O/c1-25-15-6-8-21-16(23-15)22-14-7-9-24(11-14)10-12-2-4-13(5-3-12)17(18,19)20/h2-6,8,14H,7,9-11H2,1H3,(H,21,22,23). The molecule has 134 valence electrons. The van der Waals surface area contributed by atoms with Crippen molar-refractivity contribution in [3.8, 4) is 5.88 Å². The molecule has 2 aromatic rings. The lowest BCUT2D eigenvalue weighted by Crippen LogP contribution is -2.26. The second kappa shape index (κ2) is 7.26. The minimum absolute atomic E-state index is 0.196. The number of ether oxygens (including phenoxy) is 1. The first-order valence-electron chi connectivity index (χ1n) is 7.96. The molecule has 3 rings (SSSR count). The number of methoxy groups -OCH3 is 1. The Hall–Kier alpha value is -2.35. The number of hydrogen-bond donors (Lipinski definition) is 1. The number of halogens is 3. The number of anilines is 1. The first-order chi connectivity index (χ1) is 11.9. The third kappa shape index (κ3) is 4.60. The van der Waals surface area contributed by atoms with E-state index in [2.05, 4.69) is 20.2 Å². The Bertz CT molecular complexity index is 706. The van der Waals surface area contributed by atoms with Crippen molar-refractivity contribution in [2.45, 2.75) is 25.2 Å². The van der Waals surface area contributed by atoms with Gasteiger partial charge in [-0.3, -0.25) is 4.90 Å². The summed E-state index contributed by atoms with van der Waals surface area (Å²) in [6, 6.07) is 7.21. The zero-order chi connectivity index (χ0) is 17.9. The Morgan fingerprint density at radius 2 is 2.00 bits per heavy atom. The maximum absolute atomic E-state index is 12.6. The van der Waals surface area contributed by atoms with Crippen molar-refractivity contribution >= 4 is 5.95 Å². The molecule has 25 heavy (non-hydrogen) atoms. The maximum atomic E-state index is 12.6. The molecule has 0 amide bonds. The number of hydrogen-bond acceptors (Lipinski definition) is 5. The van der Waals surface area contributed by atoms with Gasteiger partial charge in [-0.1, -0.05) is 12.1 Å². The molecule has 1 aromatic heterocycles. The van der Waals surface area contributed by atoms with E-state index in [1.54, 1.807) is 19.4 Å². The quantitative estimate of drug-likeness (QED) is 0.896. The molecule has 1 aliphatic rings. The van der Waals surface area contributed by atoms with E-state index in [0.717, 1.165) is 37.2 Å². The molecular formula is C17H19F3N4O. The van der Waals surface area contributed by atoms with Crippen LogP contribution in [0.15, 0.2) is 36.5 Å². The average molecular weight is 352 g/mol. The first-order valence-corrected chi connectivity index (χ1v) is 7.96. The van der Waals surface area contributed by atoms with Crippen molar-refractivity contribution in [2.75, 3.05) is 25.5 Å². The van der Waals surface area contributed by atoms with Gasteiger partial charge in [-0.15, -0.1) is 0 Å². The van der Waals surface area contributed by atoms with E-state index >= 15 is 0 Å². The van der Waals surface area contributed by atoms with Crippen LogP contribution in [-0.4, -0.2) is 41.1 Å². The number of nitrogens with zero attached hydrogens (tertiary/aromatic N) is 3. The van der Waals surface area contributed by atoms with Crippen LogP contribution in [0, 0.1) is 0 Å². The van der Waals surface area contributed by atoms with Gasteiger partial charge in [0.2, 0.25) is 11.8 Å². The second-order valence-corrected chi connectivity index (χ2v) is 5.98. The Morgan fingerprint density at radius 1 is 1.24 bits per heavy atom. The lowest BCUT2D eigenvalue weighted by Gasteiger charge is -2.17. The van der Waals surface area contributed by atoms with Crippen molar-refractivity contribution in [2.24, 2.45) is 0 Å². The summed E-state index contributed by atoms with van der Waals surface area (Å²) in [6.45, 7) is 2.26. The van der Waals surface area contributed by atoms with Gasteiger partial charge in [0.25, 0.3) is 0 Å². The largest absolute Gasteiger partial charge is 0.481 e. The van der Waals surface area contributed by atoms with E-state index in [0.29, 0.717) is 18.4 Å². The second-order valence-electron chi connectivity index (χ2n) is 5.98. The van der Waals surface area contributed by atoms with Gasteiger partial charge in [0, 0.05) is 37.9 Å². The molecule has 0 aliphatic carbocycles. The van der Waals surface area contributed by atoms with E-state index in [4.69, 9.17) is 4.74 Å². The number of nitrogens with one attached hydrogen (secondary N) is 1. The van der Waals surface area contributed by atoms with Crippen molar-refractivity contribution in [1.82, 2.24) is 14.9 Å². The predicted molar refractivity (Wildman–Crippen MR) is 87.3 cm³/mol. The highest BCUT2D eigenvalue weighted by Gasteiger charge is 2.30. The first kappa shape index (κ1) is 17.5. The minimum Gasteiger partial charge on any atom is -0.481 e. The molecule has 1 atom stereocenters. The molecular weight excluding hydrogens is 333 g/mol. The van der Waals surface area contributed by atoms with Crippen LogP contribution in [0.5, 0.6) is 5.88 Å². The van der Waals surface area contributed by atoms with Crippen molar-refractivity contribution in [3.63, 3.8) is 0 Å². The Labute approximate surface area is 143 Å². The topological polar surface area (TPSA) is 50.3 Å². The van der Waals surface area contributed by atoms with Crippen LogP contribution in [0.4, 0.5) is 19.1 Å². The molecule has 5 nitrogen and oxygen atoms in total. The summed E-state index contributed by atoms with van der Waals surface area (Å²) in [7, 11) is 1.55. The highest BCUT2D eigenvalue weighted by atomic mass is 19.4. The van der Waals surface area contributed by atoms with Gasteiger partial charge in [-0.05, 0) is 24.1 Å². The number of likely N-dealkylation sites (tertiary alicyclic amines) is 1. The molecule has 0 bridgehead atoms. The van der Waals surface area contributed by atoms with E-state index in [1.807, 2.05) is 0 Å². The summed E-state index contributed by atoms with van der Waals surface area (Å²) in [5, 5.41) is 3.27. The van der Waals surface area contributed by atoms with Gasteiger partial charge in [0.1, 0.15) is 0 Å². The summed E-state index contributed by atoms with van der Waals surface area (Å²) in [4.78, 5) is 10.6. The number of alkyl halides is 3. The molecule has 1 fully saturated rings. The zero-order valence-electron chi connectivity index (χ0n) is 13.8. The Balaban J connectivity index is 1.54. The van der Waals surface area contributed by atoms with Crippen molar-refractivity contribution in [1.29, 1.82) is 0 Å². The third-order valence-corrected chi connectivity index (χ3v) is 4.13. The van der Waals surface area contributed by atoms with E-state index in [9.17, 15) is 13.2 Å². The predicted octanol–water partition coefficient (Wildman–Crippen LogP) is 3.19. The van der Waals surface area contributed by atoms with Gasteiger partial charge in [0.05, 0.1) is 12.7 Å². The van der Waals surface area contributed by atoms with Gasteiger partial charge in [-0.2, -0.15) is 18.2 Å². The molecule has 0 spiro atoms. The Morgan fingerprint density at radius 3 is 2.68 bits per heavy atom. The fourth-order valence-corrected chi connectivity index (χ4v) is 2.86. The monoisotopic (exact) mass is 352 g/mol. The van der Waals surface area contributed by atoms with Crippen LogP contribution in [0.1, 0.15) is 17.5 Å². The molecule has 1 aliphatic heterocycles. The summed E-state index contributed by atoms with van der Waals surface area (Å²) in [5.41, 5.74) is 0.249. The maximum Gasteiger partial charge on any atom is 0.416 e. The fourth-order valence-electron chi connectivity index (χ4n) is 2.86. The summed E-state index contributed by atoms with van der Waals surface area (Å²) in [5.74, 6) is 1.01. The van der Waals surface area contributed by atoms with Crippen molar-refractivity contribution < 1.29 is 17.9 Å². The molecule has 1 N–H and O–H groups in total. The molecule has 2 heterocycles. The Kier molecular flexibility index (Phi) is 5.08. The van der Waals surface area contributed by atoms with Crippen LogP contribution < -0.4 is 10.1 Å². The van der Waals surface area contributed by atoms with Crippen LogP contribution in [-0.2, 0) is 12.7 Å². The number of aromatic nitrogens is 2. The number of benzene rings is 1. The van der Waals surface area contributed by atoms with E-state index in [-0.39, 0.29) is 6.04 Å². The molecule has 1 saturated heterocycles. The van der Waals surface area contributed by atoms with Gasteiger partial charge >= 0.3 is 6.18 Å². The minimum atomic E-state index is -4.29. The average Bonchev–Trinajstić information content (AvgIpc) is 3.01. The van der Waals surface area contributed by atoms with Gasteiger partial charge in [0.15, 0.2) is 0 Å².